The molecule has 5 nitrogen and oxygen atoms in total. The van der Waals surface area contributed by atoms with Gasteiger partial charge in [-0.2, -0.15) is 0 Å². The van der Waals surface area contributed by atoms with E-state index in [1.54, 1.807) is 13.4 Å². The third-order valence-electron chi connectivity index (χ3n) is 2.09. The molecule has 2 N–H and O–H groups in total. The van der Waals surface area contributed by atoms with E-state index in [4.69, 9.17) is 4.74 Å². The van der Waals surface area contributed by atoms with Gasteiger partial charge in [-0.3, -0.25) is 0 Å². The summed E-state index contributed by atoms with van der Waals surface area (Å²) >= 11 is 0. The molecule has 0 spiro atoms. The Morgan fingerprint density at radius 1 is 1.06 bits per heavy atom. The minimum atomic E-state index is 0.685. The van der Waals surface area contributed by atoms with Crippen LogP contribution in [0.1, 0.15) is 26.7 Å². The number of rotatable bonds is 7. The second kappa shape index (κ2) is 6.87. The highest BCUT2D eigenvalue weighted by Crippen LogP contribution is 2.28. The van der Waals surface area contributed by atoms with Gasteiger partial charge in [0.2, 0.25) is 5.75 Å². The van der Waals surface area contributed by atoms with Crippen molar-refractivity contribution in [1.82, 2.24) is 9.97 Å². The van der Waals surface area contributed by atoms with Crippen LogP contribution >= 0.6 is 0 Å². The van der Waals surface area contributed by atoms with Crippen LogP contribution in [0.4, 0.5) is 11.6 Å². The molecule has 1 aromatic rings. The van der Waals surface area contributed by atoms with Gasteiger partial charge < -0.3 is 15.4 Å². The van der Waals surface area contributed by atoms with Crippen LogP contribution in [0.15, 0.2) is 6.33 Å². The van der Waals surface area contributed by atoms with E-state index in [9.17, 15) is 0 Å². The van der Waals surface area contributed by atoms with Gasteiger partial charge in [0.05, 0.1) is 7.11 Å². The molecule has 0 amide bonds. The quantitative estimate of drug-likeness (QED) is 0.743. The zero-order valence-corrected chi connectivity index (χ0v) is 10.2. The van der Waals surface area contributed by atoms with E-state index in [0.29, 0.717) is 5.75 Å². The van der Waals surface area contributed by atoms with Crippen molar-refractivity contribution in [2.24, 2.45) is 0 Å². The molecule has 0 aliphatic rings. The minimum Gasteiger partial charge on any atom is -0.490 e. The monoisotopic (exact) mass is 224 g/mol. The number of aromatic nitrogens is 2. The first kappa shape index (κ1) is 12.5. The number of hydrogen-bond acceptors (Lipinski definition) is 5. The normalized spacial score (nSPS) is 9.94. The van der Waals surface area contributed by atoms with Gasteiger partial charge in [-0.25, -0.2) is 9.97 Å². The Morgan fingerprint density at radius 3 is 1.94 bits per heavy atom. The second-order valence-electron chi connectivity index (χ2n) is 3.46. The van der Waals surface area contributed by atoms with Crippen molar-refractivity contribution in [3.8, 4) is 5.75 Å². The van der Waals surface area contributed by atoms with E-state index >= 15 is 0 Å². The van der Waals surface area contributed by atoms with Gasteiger partial charge in [0.25, 0.3) is 0 Å². The van der Waals surface area contributed by atoms with Crippen LogP contribution in [0.3, 0.4) is 0 Å². The van der Waals surface area contributed by atoms with Crippen molar-refractivity contribution in [3.63, 3.8) is 0 Å². The molecule has 16 heavy (non-hydrogen) atoms. The maximum Gasteiger partial charge on any atom is 0.204 e. The molecule has 0 unspecified atom stereocenters. The lowest BCUT2D eigenvalue weighted by molar-refractivity contribution is 0.414. The van der Waals surface area contributed by atoms with E-state index in [0.717, 1.165) is 37.6 Å². The molecule has 0 atom stereocenters. The van der Waals surface area contributed by atoms with Gasteiger partial charge >= 0.3 is 0 Å². The molecule has 0 saturated carbocycles. The Morgan fingerprint density at radius 2 is 1.56 bits per heavy atom. The zero-order valence-electron chi connectivity index (χ0n) is 10.2. The molecule has 5 heteroatoms. The number of nitrogens with one attached hydrogen (secondary N) is 2. The molecule has 90 valence electrons. The zero-order chi connectivity index (χ0) is 11.8. The maximum atomic E-state index is 5.32. The average molecular weight is 224 g/mol. The predicted molar refractivity (Wildman–Crippen MR) is 66.1 cm³/mol. The Labute approximate surface area is 96.6 Å². The highest BCUT2D eigenvalue weighted by molar-refractivity contribution is 5.63. The Hall–Kier alpha value is -1.52. The molecule has 1 aromatic heterocycles. The minimum absolute atomic E-state index is 0.685. The van der Waals surface area contributed by atoms with Crippen LogP contribution in [0.25, 0.3) is 0 Å². The van der Waals surface area contributed by atoms with Gasteiger partial charge in [-0.15, -0.1) is 0 Å². The fourth-order valence-corrected chi connectivity index (χ4v) is 1.31. The molecule has 1 rings (SSSR count). The van der Waals surface area contributed by atoms with Crippen LogP contribution < -0.4 is 15.4 Å². The number of hydrogen-bond donors (Lipinski definition) is 2. The summed E-state index contributed by atoms with van der Waals surface area (Å²) in [5, 5.41) is 6.43. The Bertz CT molecular complexity index is 291. The topological polar surface area (TPSA) is 59.1 Å². The third kappa shape index (κ3) is 3.25. The Kier molecular flexibility index (Phi) is 5.39. The maximum absolute atomic E-state index is 5.32. The molecular weight excluding hydrogens is 204 g/mol. The highest BCUT2D eigenvalue weighted by atomic mass is 16.5. The lowest BCUT2D eigenvalue weighted by Gasteiger charge is -2.13. The summed E-state index contributed by atoms with van der Waals surface area (Å²) in [6.45, 7) is 5.97. The highest BCUT2D eigenvalue weighted by Gasteiger charge is 2.10. The fraction of sp³-hybridized carbons (Fsp3) is 0.636. The fourth-order valence-electron chi connectivity index (χ4n) is 1.31. The van der Waals surface area contributed by atoms with Gasteiger partial charge in [0.1, 0.15) is 6.33 Å². The van der Waals surface area contributed by atoms with E-state index in [-0.39, 0.29) is 0 Å². The summed E-state index contributed by atoms with van der Waals surface area (Å²) in [5.74, 6) is 2.18. The van der Waals surface area contributed by atoms with E-state index in [1.165, 1.54) is 0 Å². The summed E-state index contributed by atoms with van der Waals surface area (Å²) in [6, 6.07) is 0. The number of anilines is 2. The summed E-state index contributed by atoms with van der Waals surface area (Å²) in [6.07, 6.45) is 3.63. The van der Waals surface area contributed by atoms with Crippen molar-refractivity contribution < 1.29 is 4.74 Å². The second-order valence-corrected chi connectivity index (χ2v) is 3.46. The molecular formula is C11H20N4O. The van der Waals surface area contributed by atoms with Crippen LogP contribution in [0.5, 0.6) is 5.75 Å². The number of ether oxygens (including phenoxy) is 1. The molecule has 0 saturated heterocycles. The largest absolute Gasteiger partial charge is 0.490 e. The molecule has 1 heterocycles. The summed E-state index contributed by atoms with van der Waals surface area (Å²) in [7, 11) is 1.63. The van der Waals surface area contributed by atoms with Crippen LogP contribution in [0.2, 0.25) is 0 Å². The summed E-state index contributed by atoms with van der Waals surface area (Å²) < 4.78 is 5.32. The predicted octanol–water partition coefficient (Wildman–Crippen LogP) is 2.13. The van der Waals surface area contributed by atoms with Crippen molar-refractivity contribution >= 4 is 11.6 Å². The van der Waals surface area contributed by atoms with Crippen LogP contribution in [-0.4, -0.2) is 30.2 Å². The van der Waals surface area contributed by atoms with Crippen molar-refractivity contribution in [2.45, 2.75) is 26.7 Å². The van der Waals surface area contributed by atoms with Gasteiger partial charge in [0.15, 0.2) is 11.6 Å². The lowest BCUT2D eigenvalue weighted by Crippen LogP contribution is -2.09. The SMILES string of the molecule is CCCNc1ncnc(NCCC)c1OC. The van der Waals surface area contributed by atoms with Crippen LogP contribution in [-0.2, 0) is 0 Å². The molecule has 0 aliphatic heterocycles. The smallest absolute Gasteiger partial charge is 0.204 e. The van der Waals surface area contributed by atoms with E-state index in [2.05, 4.69) is 34.4 Å². The molecule has 0 fully saturated rings. The number of nitrogens with zero attached hydrogens (tertiary/aromatic N) is 2. The number of methoxy groups -OCH3 is 1. The van der Waals surface area contributed by atoms with Crippen molar-refractivity contribution in [1.29, 1.82) is 0 Å². The van der Waals surface area contributed by atoms with Gasteiger partial charge in [-0.05, 0) is 12.8 Å². The molecule has 0 aromatic carbocycles. The van der Waals surface area contributed by atoms with Gasteiger partial charge in [0, 0.05) is 13.1 Å². The molecule has 0 radical (unpaired) electrons. The average Bonchev–Trinajstić information content (AvgIpc) is 2.33. The third-order valence-corrected chi connectivity index (χ3v) is 2.09. The summed E-state index contributed by atoms with van der Waals surface area (Å²) in [5.41, 5.74) is 0. The van der Waals surface area contributed by atoms with Crippen molar-refractivity contribution in [3.05, 3.63) is 6.33 Å². The standard InChI is InChI=1S/C11H20N4O/c1-4-6-12-10-9(16-3)11(13-7-5-2)15-8-14-10/h8H,4-7H2,1-3H3,(H2,12,13,14,15). The lowest BCUT2D eigenvalue weighted by atomic mass is 10.4. The molecule has 0 aliphatic carbocycles. The van der Waals surface area contributed by atoms with Crippen LogP contribution in [0, 0.1) is 0 Å². The first-order valence-corrected chi connectivity index (χ1v) is 5.70. The van der Waals surface area contributed by atoms with Crippen molar-refractivity contribution in [2.75, 3.05) is 30.8 Å². The Balaban J connectivity index is 2.82. The summed E-state index contributed by atoms with van der Waals surface area (Å²) in [4.78, 5) is 8.34. The molecule has 0 bridgehead atoms. The first-order valence-electron chi connectivity index (χ1n) is 5.70. The first-order chi connectivity index (χ1) is 7.83. The van der Waals surface area contributed by atoms with E-state index < -0.39 is 0 Å². The van der Waals surface area contributed by atoms with E-state index in [1.807, 2.05) is 0 Å². The van der Waals surface area contributed by atoms with Gasteiger partial charge in [-0.1, -0.05) is 13.8 Å².